The van der Waals surface area contributed by atoms with Crippen molar-refractivity contribution in [2.75, 3.05) is 13.6 Å². The standard InChI is InChI=1S/C8H8FN3O5/c1-11(3-5(13)14)8(17)12-2-4(9)6(15)10-7(12)16/h2H,3H2,1H3,(H,13,14)(H,10,15,16). The number of H-pyrrole nitrogens is 1. The van der Waals surface area contributed by atoms with Crippen LogP contribution in [0, 0.1) is 5.82 Å². The summed E-state index contributed by atoms with van der Waals surface area (Å²) in [6, 6.07) is -1.06. The largest absolute Gasteiger partial charge is 0.480 e. The van der Waals surface area contributed by atoms with Crippen LogP contribution in [0.1, 0.15) is 0 Å². The van der Waals surface area contributed by atoms with E-state index in [-0.39, 0.29) is 4.57 Å². The Kier molecular flexibility index (Phi) is 3.41. The lowest BCUT2D eigenvalue weighted by Gasteiger charge is -2.14. The Morgan fingerprint density at radius 2 is 2.12 bits per heavy atom. The monoisotopic (exact) mass is 245 g/mol. The van der Waals surface area contributed by atoms with Gasteiger partial charge in [-0.15, -0.1) is 0 Å². The second-order valence-corrected chi connectivity index (χ2v) is 3.14. The van der Waals surface area contributed by atoms with Gasteiger partial charge in [0.1, 0.15) is 6.54 Å². The van der Waals surface area contributed by atoms with Crippen LogP contribution in [0.4, 0.5) is 9.18 Å². The fourth-order valence-electron chi connectivity index (χ4n) is 1.04. The van der Waals surface area contributed by atoms with Crippen molar-refractivity contribution in [1.82, 2.24) is 14.5 Å². The lowest BCUT2D eigenvalue weighted by molar-refractivity contribution is -0.137. The number of amides is 1. The van der Waals surface area contributed by atoms with Crippen LogP contribution in [0.3, 0.4) is 0 Å². The molecule has 0 aliphatic heterocycles. The molecule has 0 fully saturated rings. The van der Waals surface area contributed by atoms with Gasteiger partial charge in [0.15, 0.2) is 0 Å². The molecule has 0 bridgehead atoms. The molecule has 0 saturated carbocycles. The van der Waals surface area contributed by atoms with Gasteiger partial charge in [-0.3, -0.25) is 14.6 Å². The molecule has 1 amide bonds. The predicted molar refractivity (Wildman–Crippen MR) is 52.3 cm³/mol. The van der Waals surface area contributed by atoms with Crippen molar-refractivity contribution in [3.05, 3.63) is 32.9 Å². The molecule has 1 aromatic rings. The van der Waals surface area contributed by atoms with E-state index in [2.05, 4.69) is 0 Å². The van der Waals surface area contributed by atoms with Gasteiger partial charge in [-0.1, -0.05) is 0 Å². The summed E-state index contributed by atoms with van der Waals surface area (Å²) in [4.78, 5) is 46.0. The molecule has 0 saturated heterocycles. The molecule has 8 nitrogen and oxygen atoms in total. The first-order valence-corrected chi connectivity index (χ1v) is 4.31. The number of nitrogens with one attached hydrogen (secondary N) is 1. The van der Waals surface area contributed by atoms with Gasteiger partial charge in [0, 0.05) is 7.05 Å². The average molecular weight is 245 g/mol. The van der Waals surface area contributed by atoms with Crippen LogP contribution in [0.25, 0.3) is 0 Å². The Labute approximate surface area is 92.9 Å². The SMILES string of the molecule is CN(CC(=O)O)C(=O)n1cc(F)c(=O)[nH]c1=O. The van der Waals surface area contributed by atoms with Crippen LogP contribution in [0.15, 0.2) is 15.8 Å². The molecule has 17 heavy (non-hydrogen) atoms. The highest BCUT2D eigenvalue weighted by atomic mass is 19.1. The zero-order valence-electron chi connectivity index (χ0n) is 8.64. The normalized spacial score (nSPS) is 10.0. The summed E-state index contributed by atoms with van der Waals surface area (Å²) in [7, 11) is 1.12. The number of halogens is 1. The minimum Gasteiger partial charge on any atom is -0.480 e. The highest BCUT2D eigenvalue weighted by Crippen LogP contribution is 1.91. The van der Waals surface area contributed by atoms with E-state index in [1.807, 2.05) is 0 Å². The van der Waals surface area contributed by atoms with Crippen LogP contribution in [-0.4, -0.2) is 45.2 Å². The van der Waals surface area contributed by atoms with Crippen molar-refractivity contribution in [3.63, 3.8) is 0 Å². The number of aliphatic carboxylic acids is 1. The van der Waals surface area contributed by atoms with Crippen molar-refractivity contribution >= 4 is 12.0 Å². The fourth-order valence-corrected chi connectivity index (χ4v) is 1.04. The minimum absolute atomic E-state index is 0.277. The first-order chi connectivity index (χ1) is 7.82. The van der Waals surface area contributed by atoms with Gasteiger partial charge in [0.25, 0.3) is 5.56 Å². The molecule has 92 valence electrons. The van der Waals surface area contributed by atoms with Crippen LogP contribution < -0.4 is 11.2 Å². The number of rotatable bonds is 2. The Balaban J connectivity index is 3.13. The van der Waals surface area contributed by atoms with Crippen molar-refractivity contribution in [2.24, 2.45) is 0 Å². The van der Waals surface area contributed by atoms with Gasteiger partial charge >= 0.3 is 17.7 Å². The van der Waals surface area contributed by atoms with Gasteiger partial charge in [0.2, 0.25) is 5.82 Å². The second-order valence-electron chi connectivity index (χ2n) is 3.14. The summed E-state index contributed by atoms with van der Waals surface area (Å²) in [6.45, 7) is -0.661. The average Bonchev–Trinajstić information content (AvgIpc) is 2.21. The first-order valence-electron chi connectivity index (χ1n) is 4.31. The van der Waals surface area contributed by atoms with Gasteiger partial charge in [-0.25, -0.2) is 14.2 Å². The van der Waals surface area contributed by atoms with E-state index in [0.29, 0.717) is 11.1 Å². The molecular formula is C8H8FN3O5. The third kappa shape index (κ3) is 2.77. The topological polar surface area (TPSA) is 112 Å². The predicted octanol–water partition coefficient (Wildman–Crippen LogP) is -1.34. The van der Waals surface area contributed by atoms with Crippen molar-refractivity contribution in [1.29, 1.82) is 0 Å². The zero-order chi connectivity index (χ0) is 13.2. The Bertz CT molecular complexity index is 575. The smallest absolute Gasteiger partial charge is 0.336 e. The molecule has 2 N–H and O–H groups in total. The highest BCUT2D eigenvalue weighted by molar-refractivity contribution is 5.81. The van der Waals surface area contributed by atoms with E-state index in [9.17, 15) is 23.6 Å². The molecule has 0 radical (unpaired) electrons. The van der Waals surface area contributed by atoms with Crippen LogP contribution in [0.2, 0.25) is 0 Å². The van der Waals surface area contributed by atoms with Crippen molar-refractivity contribution in [3.8, 4) is 0 Å². The molecule has 0 spiro atoms. The molecule has 0 atom stereocenters. The maximum atomic E-state index is 12.9. The zero-order valence-corrected chi connectivity index (χ0v) is 8.64. The third-order valence-corrected chi connectivity index (χ3v) is 1.80. The van der Waals surface area contributed by atoms with Crippen molar-refractivity contribution < 1.29 is 19.1 Å². The number of hydrogen-bond acceptors (Lipinski definition) is 4. The molecule has 1 aromatic heterocycles. The van der Waals surface area contributed by atoms with E-state index in [0.717, 1.165) is 7.05 Å². The number of carboxylic acid groups (broad SMARTS) is 1. The maximum Gasteiger partial charge on any atom is 0.336 e. The minimum atomic E-state index is -1.32. The van der Waals surface area contributed by atoms with Gasteiger partial charge < -0.3 is 10.0 Å². The lowest BCUT2D eigenvalue weighted by atomic mass is 10.5. The number of carbonyl (C=O) groups excluding carboxylic acids is 1. The maximum absolute atomic E-state index is 12.9. The number of hydrogen-bond donors (Lipinski definition) is 2. The second kappa shape index (κ2) is 4.60. The molecule has 0 aliphatic carbocycles. The molecule has 1 rings (SSSR count). The summed E-state index contributed by atoms with van der Waals surface area (Å²) >= 11 is 0. The van der Waals surface area contributed by atoms with E-state index in [4.69, 9.17) is 5.11 Å². The Morgan fingerprint density at radius 3 is 2.65 bits per heavy atom. The Hall–Kier alpha value is -2.45. The van der Waals surface area contributed by atoms with Crippen LogP contribution in [0.5, 0.6) is 0 Å². The number of likely N-dealkylation sites (N-methyl/N-ethyl adjacent to an activating group) is 1. The molecule has 0 unspecified atom stereocenters. The summed E-state index contributed by atoms with van der Waals surface area (Å²) in [5, 5.41) is 8.43. The van der Waals surface area contributed by atoms with E-state index >= 15 is 0 Å². The summed E-state index contributed by atoms with van der Waals surface area (Å²) in [5.74, 6) is -2.61. The summed E-state index contributed by atoms with van der Waals surface area (Å²) in [5.41, 5.74) is -2.39. The molecule has 1 heterocycles. The van der Waals surface area contributed by atoms with Crippen LogP contribution >= 0.6 is 0 Å². The number of carboxylic acids is 1. The number of nitrogens with zero attached hydrogens (tertiary/aromatic N) is 2. The van der Waals surface area contributed by atoms with Crippen molar-refractivity contribution in [2.45, 2.75) is 0 Å². The molecule has 9 heteroatoms. The molecule has 0 aromatic carbocycles. The van der Waals surface area contributed by atoms with Gasteiger partial charge in [-0.05, 0) is 0 Å². The van der Waals surface area contributed by atoms with E-state index < -0.39 is 35.6 Å². The lowest BCUT2D eigenvalue weighted by Crippen LogP contribution is -2.43. The summed E-state index contributed by atoms with van der Waals surface area (Å²) < 4.78 is 13.1. The van der Waals surface area contributed by atoms with E-state index in [1.165, 1.54) is 0 Å². The number of aromatic amines is 1. The van der Waals surface area contributed by atoms with E-state index in [1.54, 1.807) is 4.98 Å². The highest BCUT2D eigenvalue weighted by Gasteiger charge is 2.17. The number of carbonyl (C=O) groups is 2. The third-order valence-electron chi connectivity index (χ3n) is 1.80. The van der Waals surface area contributed by atoms with Crippen LogP contribution in [-0.2, 0) is 4.79 Å². The molecular weight excluding hydrogens is 237 g/mol. The van der Waals surface area contributed by atoms with Gasteiger partial charge in [-0.2, -0.15) is 4.39 Å². The fraction of sp³-hybridized carbons (Fsp3) is 0.250. The quantitative estimate of drug-likeness (QED) is 0.669. The first kappa shape index (κ1) is 12.6. The summed E-state index contributed by atoms with van der Waals surface area (Å²) in [6.07, 6.45) is 0.405. The molecule has 0 aliphatic rings. The van der Waals surface area contributed by atoms with Gasteiger partial charge in [0.05, 0.1) is 6.20 Å². The Morgan fingerprint density at radius 1 is 1.53 bits per heavy atom. The number of aromatic nitrogens is 2.